The lowest BCUT2D eigenvalue weighted by atomic mass is 10.2. The molecule has 3 rings (SSSR count). The predicted molar refractivity (Wildman–Crippen MR) is 64.1 cm³/mol. The number of hydrogen-bond donors (Lipinski definition) is 0. The second kappa shape index (κ2) is 3.63. The monoisotopic (exact) mass is 211 g/mol. The van der Waals surface area contributed by atoms with Crippen LogP contribution < -0.4 is 5.56 Å². The second-order valence-corrected chi connectivity index (χ2v) is 4.17. The molecule has 0 aliphatic heterocycles. The van der Waals surface area contributed by atoms with Crippen LogP contribution >= 0.6 is 0 Å². The van der Waals surface area contributed by atoms with E-state index >= 15 is 0 Å². The van der Waals surface area contributed by atoms with Crippen molar-refractivity contribution in [3.63, 3.8) is 0 Å². The van der Waals surface area contributed by atoms with Crippen LogP contribution in [0, 0.1) is 0 Å². The van der Waals surface area contributed by atoms with Crippen molar-refractivity contribution < 1.29 is 0 Å². The Labute approximate surface area is 94.2 Å². The molecular weight excluding hydrogens is 198 g/mol. The molecule has 0 radical (unpaired) electrons. The summed E-state index contributed by atoms with van der Waals surface area (Å²) in [6.45, 7) is 0. The lowest BCUT2D eigenvalue weighted by molar-refractivity contribution is 0.851. The number of fused-ring (bicyclic) bond motifs is 1. The second-order valence-electron chi connectivity index (χ2n) is 4.17. The van der Waals surface area contributed by atoms with E-state index in [0.717, 1.165) is 24.9 Å². The SMILES string of the molecule is O=c1ccc2c(n1-c1ccccc1)CCC2. The first-order chi connectivity index (χ1) is 7.86. The topological polar surface area (TPSA) is 22.0 Å². The largest absolute Gasteiger partial charge is 0.281 e. The third-order valence-electron chi connectivity index (χ3n) is 3.16. The van der Waals surface area contributed by atoms with Crippen molar-refractivity contribution >= 4 is 0 Å². The number of hydrogen-bond acceptors (Lipinski definition) is 1. The Kier molecular flexibility index (Phi) is 2.13. The summed E-state index contributed by atoms with van der Waals surface area (Å²) < 4.78 is 1.85. The average molecular weight is 211 g/mol. The molecule has 0 saturated carbocycles. The molecule has 16 heavy (non-hydrogen) atoms. The van der Waals surface area contributed by atoms with Crippen LogP contribution in [0.15, 0.2) is 47.3 Å². The van der Waals surface area contributed by atoms with E-state index in [1.807, 2.05) is 41.0 Å². The summed E-state index contributed by atoms with van der Waals surface area (Å²) in [7, 11) is 0. The zero-order valence-corrected chi connectivity index (χ0v) is 9.02. The van der Waals surface area contributed by atoms with Crippen molar-refractivity contribution in [2.45, 2.75) is 19.3 Å². The molecule has 0 fully saturated rings. The molecule has 0 saturated heterocycles. The van der Waals surface area contributed by atoms with Gasteiger partial charge >= 0.3 is 0 Å². The van der Waals surface area contributed by atoms with Crippen LogP contribution in [0.3, 0.4) is 0 Å². The third-order valence-corrected chi connectivity index (χ3v) is 3.16. The molecule has 1 aliphatic rings. The molecule has 0 spiro atoms. The van der Waals surface area contributed by atoms with Crippen molar-refractivity contribution in [2.75, 3.05) is 0 Å². The van der Waals surface area contributed by atoms with Crippen LogP contribution in [-0.4, -0.2) is 4.57 Å². The van der Waals surface area contributed by atoms with Gasteiger partial charge in [-0.3, -0.25) is 9.36 Å². The highest BCUT2D eigenvalue weighted by Gasteiger charge is 2.16. The molecule has 80 valence electrons. The minimum absolute atomic E-state index is 0.0758. The fraction of sp³-hybridized carbons (Fsp3) is 0.214. The van der Waals surface area contributed by atoms with Crippen LogP contribution in [0.25, 0.3) is 5.69 Å². The zero-order valence-electron chi connectivity index (χ0n) is 9.02. The Bertz CT molecular complexity index is 569. The maximum atomic E-state index is 11.9. The predicted octanol–water partition coefficient (Wildman–Crippen LogP) is 2.33. The highest BCUT2D eigenvalue weighted by Crippen LogP contribution is 2.22. The summed E-state index contributed by atoms with van der Waals surface area (Å²) in [5.74, 6) is 0. The summed E-state index contributed by atoms with van der Waals surface area (Å²) in [5, 5.41) is 0. The van der Waals surface area contributed by atoms with Gasteiger partial charge in [0.05, 0.1) is 0 Å². The fourth-order valence-corrected chi connectivity index (χ4v) is 2.43. The van der Waals surface area contributed by atoms with Crippen LogP contribution in [0.4, 0.5) is 0 Å². The molecule has 0 unspecified atom stereocenters. The van der Waals surface area contributed by atoms with E-state index in [2.05, 4.69) is 0 Å². The first-order valence-corrected chi connectivity index (χ1v) is 5.65. The Morgan fingerprint density at radius 1 is 0.938 bits per heavy atom. The lowest BCUT2D eigenvalue weighted by Crippen LogP contribution is -2.20. The van der Waals surface area contributed by atoms with Crippen molar-refractivity contribution in [2.24, 2.45) is 0 Å². The zero-order chi connectivity index (χ0) is 11.0. The molecule has 0 bridgehead atoms. The van der Waals surface area contributed by atoms with Gasteiger partial charge in [-0.25, -0.2) is 0 Å². The summed E-state index contributed by atoms with van der Waals surface area (Å²) in [4.78, 5) is 11.9. The highest BCUT2D eigenvalue weighted by atomic mass is 16.1. The van der Waals surface area contributed by atoms with Crippen molar-refractivity contribution in [3.05, 3.63) is 64.1 Å². The van der Waals surface area contributed by atoms with Crippen molar-refractivity contribution in [1.29, 1.82) is 0 Å². The number of aryl methyl sites for hydroxylation is 1. The van der Waals surface area contributed by atoms with Gasteiger partial charge in [0.2, 0.25) is 0 Å². The number of para-hydroxylation sites is 1. The molecule has 1 aromatic carbocycles. The Morgan fingerprint density at radius 2 is 1.75 bits per heavy atom. The lowest BCUT2D eigenvalue weighted by Gasteiger charge is -2.11. The van der Waals surface area contributed by atoms with Gasteiger partial charge in [0.15, 0.2) is 0 Å². The number of nitrogens with zero attached hydrogens (tertiary/aromatic N) is 1. The van der Waals surface area contributed by atoms with Gasteiger partial charge in [-0.05, 0) is 37.0 Å². The van der Waals surface area contributed by atoms with E-state index in [-0.39, 0.29) is 5.56 Å². The number of aromatic nitrogens is 1. The normalized spacial score (nSPS) is 13.8. The van der Waals surface area contributed by atoms with Crippen molar-refractivity contribution in [1.82, 2.24) is 4.57 Å². The average Bonchev–Trinajstić information content (AvgIpc) is 2.78. The third kappa shape index (κ3) is 1.38. The maximum Gasteiger partial charge on any atom is 0.255 e. The van der Waals surface area contributed by atoms with Crippen LogP contribution in [0.1, 0.15) is 17.7 Å². The molecular formula is C14H13NO. The fourth-order valence-electron chi connectivity index (χ4n) is 2.43. The smallest absolute Gasteiger partial charge is 0.255 e. The molecule has 0 atom stereocenters. The Hall–Kier alpha value is -1.83. The van der Waals surface area contributed by atoms with E-state index in [4.69, 9.17) is 0 Å². The number of pyridine rings is 1. The van der Waals surface area contributed by atoms with Gasteiger partial charge in [0.25, 0.3) is 5.56 Å². The minimum Gasteiger partial charge on any atom is -0.281 e. The van der Waals surface area contributed by atoms with E-state index in [1.165, 1.54) is 11.3 Å². The van der Waals surface area contributed by atoms with Crippen molar-refractivity contribution in [3.8, 4) is 5.69 Å². The summed E-state index contributed by atoms with van der Waals surface area (Å²) in [6.07, 6.45) is 3.27. The van der Waals surface area contributed by atoms with E-state index in [0.29, 0.717) is 0 Å². The first-order valence-electron chi connectivity index (χ1n) is 5.65. The van der Waals surface area contributed by atoms with Gasteiger partial charge in [-0.1, -0.05) is 24.3 Å². The minimum atomic E-state index is 0.0758. The molecule has 2 heteroatoms. The molecule has 1 heterocycles. The highest BCUT2D eigenvalue weighted by molar-refractivity contribution is 5.38. The van der Waals surface area contributed by atoms with E-state index < -0.39 is 0 Å². The quantitative estimate of drug-likeness (QED) is 0.709. The standard InChI is InChI=1S/C14H13NO/c16-14-10-9-11-5-4-8-13(11)15(14)12-6-2-1-3-7-12/h1-3,6-7,9-10H,4-5,8H2. The molecule has 2 aromatic rings. The van der Waals surface area contributed by atoms with Crippen LogP contribution in [0.2, 0.25) is 0 Å². The Balaban J connectivity index is 2.29. The first kappa shape index (κ1) is 9.40. The summed E-state index contributed by atoms with van der Waals surface area (Å²) in [6, 6.07) is 13.5. The Morgan fingerprint density at radius 3 is 2.56 bits per heavy atom. The molecule has 0 N–H and O–H groups in total. The van der Waals surface area contributed by atoms with E-state index in [1.54, 1.807) is 6.07 Å². The van der Waals surface area contributed by atoms with Crippen LogP contribution in [-0.2, 0) is 12.8 Å². The molecule has 1 aliphatic carbocycles. The summed E-state index contributed by atoms with van der Waals surface area (Å²) >= 11 is 0. The van der Waals surface area contributed by atoms with E-state index in [9.17, 15) is 4.79 Å². The van der Waals surface area contributed by atoms with Gasteiger partial charge in [0.1, 0.15) is 0 Å². The van der Waals surface area contributed by atoms with Gasteiger partial charge in [-0.15, -0.1) is 0 Å². The van der Waals surface area contributed by atoms with Crippen LogP contribution in [0.5, 0.6) is 0 Å². The molecule has 1 aromatic heterocycles. The molecule has 2 nitrogen and oxygen atoms in total. The summed E-state index contributed by atoms with van der Waals surface area (Å²) in [5.41, 5.74) is 3.57. The van der Waals surface area contributed by atoms with Gasteiger partial charge in [-0.2, -0.15) is 0 Å². The van der Waals surface area contributed by atoms with Gasteiger partial charge < -0.3 is 0 Å². The number of benzene rings is 1. The molecule has 0 amide bonds. The van der Waals surface area contributed by atoms with Gasteiger partial charge in [0, 0.05) is 17.4 Å². The maximum absolute atomic E-state index is 11.9. The number of rotatable bonds is 1.